The third-order valence-corrected chi connectivity index (χ3v) is 2.65. The summed E-state index contributed by atoms with van der Waals surface area (Å²) in [7, 11) is 0. The molecule has 96 valence electrons. The second-order valence-electron chi connectivity index (χ2n) is 4.90. The van der Waals surface area contributed by atoms with Gasteiger partial charge in [0.2, 0.25) is 6.10 Å². The second-order valence-corrected chi connectivity index (χ2v) is 4.90. The Balaban J connectivity index is 2.65. The van der Waals surface area contributed by atoms with Gasteiger partial charge in [0.15, 0.2) is 0 Å². The van der Waals surface area contributed by atoms with E-state index >= 15 is 0 Å². The molecule has 0 aromatic carbocycles. The molecular formula is C13H20O4. The van der Waals surface area contributed by atoms with Crippen molar-refractivity contribution in [1.29, 1.82) is 0 Å². The minimum absolute atomic E-state index is 0.148. The van der Waals surface area contributed by atoms with E-state index in [2.05, 4.69) is 0 Å². The number of allylic oxidation sites excluding steroid dienone is 1. The molecule has 0 aliphatic carbocycles. The highest BCUT2D eigenvalue weighted by Gasteiger charge is 2.32. The van der Waals surface area contributed by atoms with E-state index < -0.39 is 12.1 Å². The quantitative estimate of drug-likeness (QED) is 0.557. The Kier molecular flexibility index (Phi) is 4.73. The van der Waals surface area contributed by atoms with Crippen LogP contribution in [0.3, 0.4) is 0 Å². The van der Waals surface area contributed by atoms with Crippen molar-refractivity contribution in [1.82, 2.24) is 0 Å². The highest BCUT2D eigenvalue weighted by atomic mass is 16.6. The molecule has 1 heterocycles. The molecule has 0 bridgehead atoms. The highest BCUT2D eigenvalue weighted by molar-refractivity contribution is 5.82. The smallest absolute Gasteiger partial charge is 0.347 e. The van der Waals surface area contributed by atoms with Gasteiger partial charge in [-0.25, -0.2) is 4.79 Å². The fraction of sp³-hybridized carbons (Fsp3) is 0.692. The molecule has 1 fully saturated rings. The number of cyclic esters (lactones) is 1. The average Bonchev–Trinajstić information content (AvgIpc) is 2.60. The van der Waals surface area contributed by atoms with Crippen molar-refractivity contribution in [2.45, 2.75) is 40.2 Å². The van der Waals surface area contributed by atoms with Crippen molar-refractivity contribution >= 4 is 11.9 Å². The molecule has 4 heteroatoms. The first-order valence-electron chi connectivity index (χ1n) is 5.94. The van der Waals surface area contributed by atoms with Crippen LogP contribution in [-0.4, -0.2) is 24.6 Å². The van der Waals surface area contributed by atoms with E-state index in [4.69, 9.17) is 9.47 Å². The average molecular weight is 240 g/mol. The first-order chi connectivity index (χ1) is 7.91. The molecule has 0 spiro atoms. The number of carbonyl (C=O) groups excluding carboxylic acids is 2. The zero-order chi connectivity index (χ0) is 13.0. The minimum Gasteiger partial charge on any atom is -0.463 e. The molecule has 0 aromatic heterocycles. The normalized spacial score (nSPS) is 21.0. The van der Waals surface area contributed by atoms with Crippen LogP contribution in [0.2, 0.25) is 0 Å². The molecule has 0 N–H and O–H groups in total. The van der Waals surface area contributed by atoms with E-state index in [1.54, 1.807) is 0 Å². The summed E-state index contributed by atoms with van der Waals surface area (Å²) >= 11 is 0. The molecule has 1 saturated heterocycles. The molecule has 2 atom stereocenters. The first-order valence-corrected chi connectivity index (χ1v) is 5.94. The van der Waals surface area contributed by atoms with Crippen molar-refractivity contribution in [2.75, 3.05) is 6.61 Å². The van der Waals surface area contributed by atoms with Gasteiger partial charge in [0.25, 0.3) is 0 Å². The van der Waals surface area contributed by atoms with Crippen LogP contribution in [0.15, 0.2) is 11.6 Å². The van der Waals surface area contributed by atoms with Gasteiger partial charge >= 0.3 is 11.9 Å². The van der Waals surface area contributed by atoms with Gasteiger partial charge in [0, 0.05) is 6.42 Å². The summed E-state index contributed by atoms with van der Waals surface area (Å²) in [4.78, 5) is 23.2. The van der Waals surface area contributed by atoms with Gasteiger partial charge in [-0.05, 0) is 19.8 Å². The number of hydrogen-bond donors (Lipinski definition) is 0. The van der Waals surface area contributed by atoms with Gasteiger partial charge in [-0.15, -0.1) is 0 Å². The fourth-order valence-corrected chi connectivity index (χ4v) is 1.69. The Morgan fingerprint density at radius 3 is 2.53 bits per heavy atom. The summed E-state index contributed by atoms with van der Waals surface area (Å²) < 4.78 is 9.95. The predicted octanol–water partition coefficient (Wildman–Crippen LogP) is 2.08. The van der Waals surface area contributed by atoms with Crippen LogP contribution in [0.1, 0.15) is 34.1 Å². The Labute approximate surface area is 102 Å². The lowest BCUT2D eigenvalue weighted by Crippen LogP contribution is -2.29. The van der Waals surface area contributed by atoms with E-state index in [1.165, 1.54) is 0 Å². The van der Waals surface area contributed by atoms with Crippen LogP contribution in [0, 0.1) is 11.8 Å². The Bertz CT molecular complexity index is 326. The highest BCUT2D eigenvalue weighted by Crippen LogP contribution is 2.19. The number of hydrogen-bond acceptors (Lipinski definition) is 4. The molecular weight excluding hydrogens is 220 g/mol. The van der Waals surface area contributed by atoms with Crippen LogP contribution in [0.5, 0.6) is 0 Å². The largest absolute Gasteiger partial charge is 0.463 e. The summed E-state index contributed by atoms with van der Waals surface area (Å²) in [6, 6.07) is 0. The Morgan fingerprint density at radius 1 is 1.47 bits per heavy atom. The molecule has 0 amide bonds. The van der Waals surface area contributed by atoms with Crippen molar-refractivity contribution < 1.29 is 19.1 Å². The molecule has 0 saturated carbocycles. The predicted molar refractivity (Wildman–Crippen MR) is 63.2 cm³/mol. The van der Waals surface area contributed by atoms with E-state index in [0.717, 1.165) is 5.57 Å². The third-order valence-electron chi connectivity index (χ3n) is 2.65. The van der Waals surface area contributed by atoms with E-state index in [0.29, 0.717) is 13.0 Å². The third kappa shape index (κ3) is 3.88. The number of rotatable bonds is 4. The first kappa shape index (κ1) is 13.7. The zero-order valence-corrected chi connectivity index (χ0v) is 10.9. The van der Waals surface area contributed by atoms with Crippen LogP contribution < -0.4 is 0 Å². The lowest BCUT2D eigenvalue weighted by molar-refractivity contribution is -0.163. The summed E-state index contributed by atoms with van der Waals surface area (Å²) in [5.74, 6) is -0.925. The van der Waals surface area contributed by atoms with Crippen LogP contribution in [0.4, 0.5) is 0 Å². The maximum atomic E-state index is 11.9. The van der Waals surface area contributed by atoms with Crippen molar-refractivity contribution in [3.8, 4) is 0 Å². The van der Waals surface area contributed by atoms with Gasteiger partial charge in [-0.1, -0.05) is 25.5 Å². The SMILES string of the molecule is CC(C)=CC(C(=O)OC1CCOC1=O)C(C)C. The molecule has 0 radical (unpaired) electrons. The molecule has 1 aliphatic rings. The molecule has 4 nitrogen and oxygen atoms in total. The van der Waals surface area contributed by atoms with Gasteiger partial charge in [-0.3, -0.25) is 4.79 Å². The van der Waals surface area contributed by atoms with Gasteiger partial charge in [-0.2, -0.15) is 0 Å². The standard InChI is InChI=1S/C13H20O4/c1-8(2)7-10(9(3)4)12(14)17-11-5-6-16-13(11)15/h7,9-11H,5-6H2,1-4H3. The summed E-state index contributed by atoms with van der Waals surface area (Å²) in [5, 5.41) is 0. The molecule has 1 rings (SSSR count). The van der Waals surface area contributed by atoms with E-state index in [9.17, 15) is 9.59 Å². The second kappa shape index (κ2) is 5.84. The number of esters is 2. The molecule has 0 aromatic rings. The summed E-state index contributed by atoms with van der Waals surface area (Å²) in [5.41, 5.74) is 1.06. The van der Waals surface area contributed by atoms with Crippen molar-refractivity contribution in [3.05, 3.63) is 11.6 Å². The van der Waals surface area contributed by atoms with Crippen molar-refractivity contribution in [2.24, 2.45) is 11.8 Å². The van der Waals surface area contributed by atoms with E-state index in [1.807, 2.05) is 33.8 Å². The minimum atomic E-state index is -0.714. The van der Waals surface area contributed by atoms with Gasteiger partial charge in [0.05, 0.1) is 12.5 Å². The molecule has 1 aliphatic heterocycles. The van der Waals surface area contributed by atoms with Gasteiger partial charge < -0.3 is 9.47 Å². The van der Waals surface area contributed by atoms with Crippen LogP contribution in [0.25, 0.3) is 0 Å². The lowest BCUT2D eigenvalue weighted by Gasteiger charge is -2.18. The van der Waals surface area contributed by atoms with E-state index in [-0.39, 0.29) is 17.8 Å². The Morgan fingerprint density at radius 2 is 2.12 bits per heavy atom. The van der Waals surface area contributed by atoms with Gasteiger partial charge in [0.1, 0.15) is 0 Å². The molecule has 2 unspecified atom stereocenters. The zero-order valence-electron chi connectivity index (χ0n) is 10.9. The van der Waals surface area contributed by atoms with Crippen molar-refractivity contribution in [3.63, 3.8) is 0 Å². The number of carbonyl (C=O) groups is 2. The topological polar surface area (TPSA) is 52.6 Å². The van der Waals surface area contributed by atoms with Crippen LogP contribution >= 0.6 is 0 Å². The summed E-state index contributed by atoms with van der Waals surface area (Å²) in [6.45, 7) is 8.13. The Hall–Kier alpha value is -1.32. The molecule has 17 heavy (non-hydrogen) atoms. The van der Waals surface area contributed by atoms with Crippen LogP contribution in [-0.2, 0) is 19.1 Å². The maximum absolute atomic E-state index is 11.9. The number of ether oxygens (including phenoxy) is 2. The lowest BCUT2D eigenvalue weighted by atomic mass is 9.94. The fourth-order valence-electron chi connectivity index (χ4n) is 1.69. The summed E-state index contributed by atoms with van der Waals surface area (Å²) in [6.07, 6.45) is 1.63. The monoisotopic (exact) mass is 240 g/mol. The maximum Gasteiger partial charge on any atom is 0.347 e.